The summed E-state index contributed by atoms with van der Waals surface area (Å²) in [5.74, 6) is 0.256. The molecule has 128 valence electrons. The second-order valence-corrected chi connectivity index (χ2v) is 7.24. The van der Waals surface area contributed by atoms with Crippen LogP contribution >= 0.6 is 46.4 Å². The summed E-state index contributed by atoms with van der Waals surface area (Å²) in [5.41, 5.74) is 1.98. The molecule has 0 radical (unpaired) electrons. The topological polar surface area (TPSA) is 17.1 Å². The van der Waals surface area contributed by atoms with Gasteiger partial charge >= 0.3 is 0 Å². The van der Waals surface area contributed by atoms with E-state index in [0.717, 1.165) is 36.8 Å². The molecular weight excluding hydrogens is 386 g/mol. The van der Waals surface area contributed by atoms with Gasteiger partial charge in [0.05, 0.1) is 20.1 Å². The van der Waals surface area contributed by atoms with Crippen LogP contribution in [0.2, 0.25) is 20.1 Å². The van der Waals surface area contributed by atoms with Gasteiger partial charge in [-0.2, -0.15) is 0 Å². The summed E-state index contributed by atoms with van der Waals surface area (Å²) >= 11 is 24.3. The first-order valence-corrected chi connectivity index (χ1v) is 9.37. The first-order chi connectivity index (χ1) is 11.5. The van der Waals surface area contributed by atoms with Crippen molar-refractivity contribution in [1.82, 2.24) is 0 Å². The Kier molecular flexibility index (Phi) is 7.90. The molecule has 0 unspecified atom stereocenters. The molecule has 0 aliphatic heterocycles. The van der Waals surface area contributed by atoms with Crippen LogP contribution in [-0.4, -0.2) is 5.78 Å². The third-order valence-electron chi connectivity index (χ3n) is 3.87. The molecule has 5 heteroatoms. The fraction of sp³-hybridized carbons (Fsp3) is 0.316. The lowest BCUT2D eigenvalue weighted by molar-refractivity contribution is -0.119. The van der Waals surface area contributed by atoms with Crippen molar-refractivity contribution < 1.29 is 4.79 Å². The summed E-state index contributed by atoms with van der Waals surface area (Å²) in [7, 11) is 0. The Bertz CT molecular complexity index is 653. The predicted octanol–water partition coefficient (Wildman–Crippen LogP) is 7.21. The van der Waals surface area contributed by atoms with E-state index in [1.807, 2.05) is 24.3 Å². The van der Waals surface area contributed by atoms with Crippen LogP contribution in [0.1, 0.15) is 36.8 Å². The summed E-state index contributed by atoms with van der Waals surface area (Å²) in [5, 5.41) is 2.28. The number of benzene rings is 2. The molecule has 1 nitrogen and oxygen atoms in total. The lowest BCUT2D eigenvalue weighted by atomic mass is 10.0. The monoisotopic (exact) mass is 402 g/mol. The number of halogens is 4. The molecule has 0 spiro atoms. The summed E-state index contributed by atoms with van der Waals surface area (Å²) in [4.78, 5) is 12.0. The van der Waals surface area contributed by atoms with E-state index in [4.69, 9.17) is 46.4 Å². The maximum absolute atomic E-state index is 12.0. The Labute approximate surface area is 162 Å². The Balaban J connectivity index is 1.72. The maximum Gasteiger partial charge on any atom is 0.132 e. The van der Waals surface area contributed by atoms with Gasteiger partial charge in [-0.1, -0.05) is 70.7 Å². The summed E-state index contributed by atoms with van der Waals surface area (Å²) in [6, 6.07) is 11.2. The van der Waals surface area contributed by atoms with Crippen molar-refractivity contribution in [2.24, 2.45) is 0 Å². The van der Waals surface area contributed by atoms with E-state index in [9.17, 15) is 4.79 Å². The molecule has 0 atom stereocenters. The highest BCUT2D eigenvalue weighted by Crippen LogP contribution is 2.28. The molecule has 24 heavy (non-hydrogen) atoms. The van der Waals surface area contributed by atoms with Crippen LogP contribution in [0.5, 0.6) is 0 Å². The van der Waals surface area contributed by atoms with Crippen LogP contribution in [0.3, 0.4) is 0 Å². The molecule has 0 aliphatic carbocycles. The van der Waals surface area contributed by atoms with Crippen LogP contribution in [0, 0.1) is 0 Å². The minimum Gasteiger partial charge on any atom is -0.300 e. The van der Waals surface area contributed by atoms with Gasteiger partial charge in [0.2, 0.25) is 0 Å². The maximum atomic E-state index is 12.0. The van der Waals surface area contributed by atoms with Crippen molar-refractivity contribution >= 4 is 52.2 Å². The summed E-state index contributed by atoms with van der Waals surface area (Å²) in [6.45, 7) is 0. The number of hydrogen-bond donors (Lipinski definition) is 0. The second kappa shape index (κ2) is 9.68. The van der Waals surface area contributed by atoms with Gasteiger partial charge in [0.1, 0.15) is 5.78 Å². The molecule has 0 bridgehead atoms. The van der Waals surface area contributed by atoms with Crippen molar-refractivity contribution in [3.05, 3.63) is 67.6 Å². The van der Waals surface area contributed by atoms with Crippen LogP contribution in [0.15, 0.2) is 36.4 Å². The predicted molar refractivity (Wildman–Crippen MR) is 104 cm³/mol. The number of carbonyl (C=O) groups excluding carboxylic acids is 1. The number of rotatable bonds is 8. The van der Waals surface area contributed by atoms with E-state index < -0.39 is 0 Å². The number of carbonyl (C=O) groups is 1. The molecule has 0 heterocycles. The molecule has 0 aromatic heterocycles. The number of ketones is 1. The molecule has 2 rings (SSSR count). The highest BCUT2D eigenvalue weighted by molar-refractivity contribution is 6.42. The molecule has 2 aromatic carbocycles. The lowest BCUT2D eigenvalue weighted by Gasteiger charge is -2.07. The minimum absolute atomic E-state index is 0.256. The summed E-state index contributed by atoms with van der Waals surface area (Å²) in [6.07, 6.45) is 4.16. The lowest BCUT2D eigenvalue weighted by Crippen LogP contribution is -2.00. The second-order valence-electron chi connectivity index (χ2n) is 5.67. The highest BCUT2D eigenvalue weighted by Gasteiger charge is 2.08. The smallest absolute Gasteiger partial charge is 0.132 e. The van der Waals surface area contributed by atoms with Gasteiger partial charge in [0.15, 0.2) is 0 Å². The molecule has 0 amide bonds. The Morgan fingerprint density at radius 3 is 1.54 bits per heavy atom. The average molecular weight is 404 g/mol. The fourth-order valence-corrected chi connectivity index (χ4v) is 3.39. The van der Waals surface area contributed by atoms with Gasteiger partial charge in [-0.3, -0.25) is 4.79 Å². The Morgan fingerprint density at radius 1 is 0.708 bits per heavy atom. The molecule has 0 aliphatic rings. The third-order valence-corrected chi connectivity index (χ3v) is 5.58. The highest BCUT2D eigenvalue weighted by atomic mass is 35.5. The van der Waals surface area contributed by atoms with Gasteiger partial charge in [0.25, 0.3) is 0 Å². The van der Waals surface area contributed by atoms with Crippen LogP contribution in [0.25, 0.3) is 0 Å². The number of Topliss-reactive ketones (excluding diaryl/α,β-unsaturated/α-hetero) is 1. The van der Waals surface area contributed by atoms with Gasteiger partial charge in [0, 0.05) is 12.8 Å². The fourth-order valence-electron chi connectivity index (χ4n) is 2.56. The first-order valence-electron chi connectivity index (χ1n) is 7.86. The van der Waals surface area contributed by atoms with Gasteiger partial charge < -0.3 is 0 Å². The zero-order chi connectivity index (χ0) is 17.5. The van der Waals surface area contributed by atoms with Crippen molar-refractivity contribution in [2.75, 3.05) is 0 Å². The number of aryl methyl sites for hydroxylation is 2. The van der Waals surface area contributed by atoms with E-state index in [2.05, 4.69) is 0 Å². The first kappa shape index (κ1) is 19.6. The van der Waals surface area contributed by atoms with Crippen LogP contribution < -0.4 is 0 Å². The van der Waals surface area contributed by atoms with Crippen molar-refractivity contribution in [3.8, 4) is 0 Å². The van der Waals surface area contributed by atoms with Gasteiger partial charge in [-0.05, 0) is 48.9 Å². The van der Waals surface area contributed by atoms with E-state index in [0.29, 0.717) is 32.9 Å². The van der Waals surface area contributed by atoms with Crippen molar-refractivity contribution in [3.63, 3.8) is 0 Å². The van der Waals surface area contributed by atoms with Crippen molar-refractivity contribution in [2.45, 2.75) is 38.5 Å². The zero-order valence-electron chi connectivity index (χ0n) is 13.1. The Morgan fingerprint density at radius 2 is 1.12 bits per heavy atom. The minimum atomic E-state index is 0.256. The largest absolute Gasteiger partial charge is 0.300 e. The van der Waals surface area contributed by atoms with Gasteiger partial charge in [-0.15, -0.1) is 0 Å². The SMILES string of the molecule is O=C(CCCc1cccc(Cl)c1Cl)CCCc1cccc(Cl)c1Cl. The Hall–Kier alpha value is -0.730. The zero-order valence-corrected chi connectivity index (χ0v) is 16.2. The summed E-state index contributed by atoms with van der Waals surface area (Å²) < 4.78 is 0. The average Bonchev–Trinajstić information content (AvgIpc) is 2.55. The van der Waals surface area contributed by atoms with E-state index in [1.54, 1.807) is 12.1 Å². The van der Waals surface area contributed by atoms with E-state index in [1.165, 1.54) is 0 Å². The molecule has 0 saturated heterocycles. The number of hydrogen-bond acceptors (Lipinski definition) is 1. The van der Waals surface area contributed by atoms with Crippen molar-refractivity contribution in [1.29, 1.82) is 0 Å². The molecular formula is C19H18Cl4O. The molecule has 0 fully saturated rings. The molecule has 2 aromatic rings. The van der Waals surface area contributed by atoms with Gasteiger partial charge in [-0.25, -0.2) is 0 Å². The van der Waals surface area contributed by atoms with E-state index >= 15 is 0 Å². The quantitative estimate of drug-likeness (QED) is 0.454. The normalized spacial score (nSPS) is 10.8. The standard InChI is InChI=1S/C19H18Cl4O/c20-16-11-3-7-13(18(16)22)5-1-9-15(24)10-2-6-14-8-4-12-17(21)19(14)23/h3-4,7-8,11-12H,1-2,5-6,9-10H2. The van der Waals surface area contributed by atoms with Crippen LogP contribution in [0.4, 0.5) is 0 Å². The van der Waals surface area contributed by atoms with E-state index in [-0.39, 0.29) is 5.78 Å². The third kappa shape index (κ3) is 5.67. The van der Waals surface area contributed by atoms with Crippen LogP contribution in [-0.2, 0) is 17.6 Å². The molecule has 0 N–H and O–H groups in total. The molecule has 0 saturated carbocycles.